The molecule has 1 aromatic heterocycles. The van der Waals surface area contributed by atoms with E-state index in [1.807, 2.05) is 17.3 Å². The van der Waals surface area contributed by atoms with Crippen molar-refractivity contribution in [3.05, 3.63) is 48.3 Å². The molecule has 1 unspecified atom stereocenters. The van der Waals surface area contributed by atoms with Crippen molar-refractivity contribution in [2.75, 3.05) is 56.1 Å². The molecule has 37 heavy (non-hydrogen) atoms. The van der Waals surface area contributed by atoms with Gasteiger partial charge in [-0.2, -0.15) is 0 Å². The van der Waals surface area contributed by atoms with Gasteiger partial charge < -0.3 is 30.6 Å². The maximum absolute atomic E-state index is 11.7. The standard InChI is InChI=1S/C28H41N7O2/c1-29-28(22-6-3-2-4-7-22)12-10-26(11-13-28)20-34(25(36)35(26)21-27(37)8-5-9-27)23-18-31-24(32-19-23)33-16-14-30-15-17-33/h2-4,6-7,18-19,25,29-30,36-37H,5,8-17,20-21H2,1H3. The highest BCUT2D eigenvalue weighted by Gasteiger charge is 2.56. The van der Waals surface area contributed by atoms with Gasteiger partial charge in [-0.25, -0.2) is 9.97 Å². The predicted molar refractivity (Wildman–Crippen MR) is 144 cm³/mol. The number of benzene rings is 1. The molecule has 2 aromatic rings. The van der Waals surface area contributed by atoms with Crippen molar-refractivity contribution in [2.45, 2.75) is 68.0 Å². The molecule has 4 fully saturated rings. The number of anilines is 2. The molecule has 9 nitrogen and oxygen atoms in total. The molecule has 2 aliphatic carbocycles. The highest BCUT2D eigenvalue weighted by molar-refractivity contribution is 5.48. The number of rotatable bonds is 6. The Morgan fingerprint density at radius 1 is 1.00 bits per heavy atom. The molecule has 2 aliphatic heterocycles. The minimum atomic E-state index is -0.808. The summed E-state index contributed by atoms with van der Waals surface area (Å²) in [6, 6.07) is 10.7. The summed E-state index contributed by atoms with van der Waals surface area (Å²) in [6.45, 7) is 4.88. The smallest absolute Gasteiger partial charge is 0.225 e. The molecule has 4 N–H and O–H groups in total. The van der Waals surface area contributed by atoms with Crippen LogP contribution in [-0.4, -0.2) is 88.9 Å². The largest absolute Gasteiger partial charge is 0.389 e. The molecule has 1 aromatic carbocycles. The number of nitrogens with one attached hydrogen (secondary N) is 2. The molecule has 3 heterocycles. The van der Waals surface area contributed by atoms with E-state index in [4.69, 9.17) is 0 Å². The van der Waals surface area contributed by atoms with Crippen molar-refractivity contribution in [1.82, 2.24) is 25.5 Å². The first kappa shape index (κ1) is 25.0. The first-order valence-corrected chi connectivity index (χ1v) is 13.9. The first-order valence-electron chi connectivity index (χ1n) is 13.9. The maximum Gasteiger partial charge on any atom is 0.225 e. The van der Waals surface area contributed by atoms with Gasteiger partial charge >= 0.3 is 0 Å². The lowest BCUT2D eigenvalue weighted by Crippen LogP contribution is -2.60. The van der Waals surface area contributed by atoms with Crippen molar-refractivity contribution in [3.63, 3.8) is 0 Å². The van der Waals surface area contributed by atoms with Crippen LogP contribution in [0.1, 0.15) is 50.5 Å². The maximum atomic E-state index is 11.7. The fourth-order valence-electron chi connectivity index (χ4n) is 6.96. The van der Waals surface area contributed by atoms with Crippen LogP contribution in [0.25, 0.3) is 0 Å². The summed E-state index contributed by atoms with van der Waals surface area (Å²) in [5.74, 6) is 0.744. The Hall–Kier alpha value is -2.30. The second-order valence-corrected chi connectivity index (χ2v) is 11.6. The van der Waals surface area contributed by atoms with Gasteiger partial charge in [-0.15, -0.1) is 0 Å². The molecule has 2 saturated heterocycles. The Bertz CT molecular complexity index is 1050. The van der Waals surface area contributed by atoms with E-state index < -0.39 is 12.0 Å². The van der Waals surface area contributed by atoms with E-state index in [1.165, 1.54) is 5.56 Å². The third-order valence-corrected chi connectivity index (χ3v) is 9.58. The van der Waals surface area contributed by atoms with Crippen molar-refractivity contribution >= 4 is 11.6 Å². The Labute approximate surface area is 219 Å². The third-order valence-electron chi connectivity index (χ3n) is 9.58. The molecular weight excluding hydrogens is 466 g/mol. The summed E-state index contributed by atoms with van der Waals surface area (Å²) in [6.07, 6.45) is 9.38. The average Bonchev–Trinajstić information content (AvgIpc) is 3.20. The van der Waals surface area contributed by atoms with Gasteiger partial charge in [-0.3, -0.25) is 4.90 Å². The van der Waals surface area contributed by atoms with E-state index >= 15 is 0 Å². The fourth-order valence-corrected chi connectivity index (χ4v) is 6.96. The van der Waals surface area contributed by atoms with E-state index in [1.54, 1.807) is 0 Å². The van der Waals surface area contributed by atoms with E-state index in [9.17, 15) is 10.2 Å². The molecule has 9 heteroatoms. The lowest BCUT2D eigenvalue weighted by atomic mass is 9.68. The fraction of sp³-hybridized carbons (Fsp3) is 0.643. The molecule has 0 bridgehead atoms. The van der Waals surface area contributed by atoms with Crippen LogP contribution >= 0.6 is 0 Å². The number of hydrogen-bond acceptors (Lipinski definition) is 9. The number of hydrogen-bond donors (Lipinski definition) is 4. The molecule has 0 radical (unpaired) electrons. The van der Waals surface area contributed by atoms with E-state index in [-0.39, 0.29) is 11.1 Å². The van der Waals surface area contributed by atoms with Crippen molar-refractivity contribution in [2.24, 2.45) is 0 Å². The SMILES string of the molecule is CNC1(c2ccccc2)CCC2(CC1)CN(c1cnc(N3CCNCC3)nc1)C(O)N2CC1(O)CCC1. The number of β-amino-alcohol motifs (C(OH)–C–C–N with tert-alkyl or cyclic N) is 1. The van der Waals surface area contributed by atoms with Gasteiger partial charge in [0.15, 0.2) is 6.35 Å². The molecule has 0 amide bonds. The topological polar surface area (TPSA) is 100 Å². The van der Waals surface area contributed by atoms with Crippen LogP contribution < -0.4 is 20.4 Å². The molecular formula is C28H41N7O2. The van der Waals surface area contributed by atoms with Crippen LogP contribution in [0, 0.1) is 0 Å². The van der Waals surface area contributed by atoms with E-state index in [2.05, 4.69) is 67.8 Å². The molecule has 6 rings (SSSR count). The zero-order valence-corrected chi connectivity index (χ0v) is 21.9. The van der Waals surface area contributed by atoms with Crippen LogP contribution in [0.15, 0.2) is 42.7 Å². The molecule has 1 spiro atoms. The van der Waals surface area contributed by atoms with Gasteiger partial charge in [0.1, 0.15) is 0 Å². The average molecular weight is 508 g/mol. The normalized spacial score (nSPS) is 32.0. The van der Waals surface area contributed by atoms with Gasteiger partial charge in [0.2, 0.25) is 5.95 Å². The zero-order valence-electron chi connectivity index (χ0n) is 21.9. The Balaban J connectivity index is 1.25. The van der Waals surface area contributed by atoms with Crippen molar-refractivity contribution < 1.29 is 10.2 Å². The molecule has 200 valence electrons. The van der Waals surface area contributed by atoms with Gasteiger partial charge in [0.05, 0.1) is 23.7 Å². The number of piperazine rings is 1. The summed E-state index contributed by atoms with van der Waals surface area (Å²) in [4.78, 5) is 15.8. The van der Waals surface area contributed by atoms with Crippen LogP contribution in [-0.2, 0) is 5.54 Å². The minimum Gasteiger partial charge on any atom is -0.389 e. The number of nitrogens with zero attached hydrogens (tertiary/aromatic N) is 5. The first-order chi connectivity index (χ1) is 18.0. The second-order valence-electron chi connectivity index (χ2n) is 11.6. The highest BCUT2D eigenvalue weighted by atomic mass is 16.3. The van der Waals surface area contributed by atoms with E-state index in [0.717, 1.165) is 82.8 Å². The van der Waals surface area contributed by atoms with Gasteiger partial charge in [-0.1, -0.05) is 30.3 Å². The van der Waals surface area contributed by atoms with Crippen LogP contribution in [0.2, 0.25) is 0 Å². The summed E-state index contributed by atoms with van der Waals surface area (Å²) >= 11 is 0. The Kier molecular flexibility index (Phi) is 6.61. The monoisotopic (exact) mass is 507 g/mol. The van der Waals surface area contributed by atoms with Crippen LogP contribution in [0.3, 0.4) is 0 Å². The van der Waals surface area contributed by atoms with Crippen molar-refractivity contribution in [1.29, 1.82) is 0 Å². The summed E-state index contributed by atoms with van der Waals surface area (Å²) in [7, 11) is 2.06. The summed E-state index contributed by atoms with van der Waals surface area (Å²) in [5.41, 5.74) is 1.17. The van der Waals surface area contributed by atoms with Gasteiger partial charge in [-0.05, 0) is 57.6 Å². The number of aliphatic hydroxyl groups is 2. The predicted octanol–water partition coefficient (Wildman–Crippen LogP) is 1.63. The van der Waals surface area contributed by atoms with Crippen LogP contribution in [0.5, 0.6) is 0 Å². The lowest BCUT2D eigenvalue weighted by Gasteiger charge is -2.51. The highest BCUT2D eigenvalue weighted by Crippen LogP contribution is 2.49. The summed E-state index contributed by atoms with van der Waals surface area (Å²) in [5, 5.41) is 29.8. The molecule has 2 saturated carbocycles. The second kappa shape index (κ2) is 9.78. The lowest BCUT2D eigenvalue weighted by molar-refractivity contribution is -0.120. The third kappa shape index (κ3) is 4.51. The van der Waals surface area contributed by atoms with Crippen LogP contribution in [0.4, 0.5) is 11.6 Å². The number of aliphatic hydroxyl groups excluding tert-OH is 1. The zero-order chi connectivity index (χ0) is 25.5. The summed E-state index contributed by atoms with van der Waals surface area (Å²) < 4.78 is 0. The van der Waals surface area contributed by atoms with Crippen molar-refractivity contribution in [3.8, 4) is 0 Å². The molecule has 4 aliphatic rings. The minimum absolute atomic E-state index is 0.0714. The van der Waals surface area contributed by atoms with E-state index in [0.29, 0.717) is 13.1 Å². The Morgan fingerprint density at radius 2 is 1.68 bits per heavy atom. The number of aromatic nitrogens is 2. The Morgan fingerprint density at radius 3 is 2.27 bits per heavy atom. The van der Waals surface area contributed by atoms with Gasteiger partial charge in [0, 0.05) is 50.3 Å². The quantitative estimate of drug-likeness (QED) is 0.465. The molecule has 1 atom stereocenters. The van der Waals surface area contributed by atoms with Gasteiger partial charge in [0.25, 0.3) is 0 Å².